The van der Waals surface area contributed by atoms with Crippen molar-refractivity contribution in [1.82, 2.24) is 9.46 Å². The summed E-state index contributed by atoms with van der Waals surface area (Å²) in [5.74, 6) is 0.0680. The summed E-state index contributed by atoms with van der Waals surface area (Å²) in [7, 11) is 0. The summed E-state index contributed by atoms with van der Waals surface area (Å²) < 4.78 is 33.0. The molecule has 27 heavy (non-hydrogen) atoms. The zero-order chi connectivity index (χ0) is 18.9. The minimum atomic E-state index is -3.97. The van der Waals surface area contributed by atoms with Gasteiger partial charge in [-0.05, 0) is 48.5 Å². The number of aryl methyl sites for hydroxylation is 1. The van der Waals surface area contributed by atoms with Gasteiger partial charge in [-0.15, -0.1) is 0 Å². The monoisotopic (exact) mass is 363 g/mol. The first-order chi connectivity index (χ1) is 12.9. The van der Waals surface area contributed by atoms with Crippen molar-refractivity contribution < 1.29 is 18.2 Å². The number of hydrogen-bond donors (Lipinski definition) is 1. The first kappa shape index (κ1) is 16.0. The standard InChI is InChI=1S/C20H16BF2N3O/c1-12-5-8-16-19(14-7-10-18(27)20-15(14)4-3-11-24-20)17-9-6-13(2)26(17)21(22,23)25(12)16/h3-11,27H,1-2H3. The molecule has 2 aliphatic heterocycles. The van der Waals surface area contributed by atoms with Gasteiger partial charge in [0.25, 0.3) is 0 Å². The van der Waals surface area contributed by atoms with Gasteiger partial charge in [0.2, 0.25) is 0 Å². The lowest BCUT2D eigenvalue weighted by Crippen LogP contribution is -2.51. The molecule has 3 aromatic rings. The first-order valence-corrected chi connectivity index (χ1v) is 8.74. The quantitative estimate of drug-likeness (QED) is 0.662. The number of phenolic OH excluding ortho intramolecular Hbond substituents is 1. The Hall–Kier alpha value is -3.22. The van der Waals surface area contributed by atoms with Gasteiger partial charge in [0.05, 0.1) is 5.57 Å². The van der Waals surface area contributed by atoms with Crippen molar-refractivity contribution in [3.8, 4) is 5.75 Å². The topological polar surface area (TPSA) is 41.1 Å². The van der Waals surface area contributed by atoms with E-state index in [1.807, 2.05) is 6.07 Å². The van der Waals surface area contributed by atoms with Crippen molar-refractivity contribution in [1.29, 1.82) is 0 Å². The first-order valence-electron chi connectivity index (χ1n) is 8.74. The number of aromatic nitrogens is 2. The molecule has 7 heteroatoms. The van der Waals surface area contributed by atoms with Crippen LogP contribution in [-0.4, -0.2) is 31.7 Å². The van der Waals surface area contributed by atoms with E-state index in [0.717, 1.165) is 19.9 Å². The summed E-state index contributed by atoms with van der Waals surface area (Å²) in [6.07, 6.45) is 5.06. The number of halogens is 2. The van der Waals surface area contributed by atoms with Crippen molar-refractivity contribution in [3.63, 3.8) is 0 Å². The molecule has 0 unspecified atom stereocenters. The van der Waals surface area contributed by atoms with Crippen LogP contribution in [-0.2, 0) is 0 Å². The van der Waals surface area contributed by atoms with E-state index in [2.05, 4.69) is 4.98 Å². The largest absolute Gasteiger partial charge is 0.737 e. The molecule has 1 aromatic carbocycles. The number of rotatable bonds is 1. The van der Waals surface area contributed by atoms with Crippen molar-refractivity contribution in [2.75, 3.05) is 0 Å². The molecule has 0 spiro atoms. The van der Waals surface area contributed by atoms with Crippen LogP contribution in [0, 0.1) is 6.92 Å². The van der Waals surface area contributed by atoms with Crippen LogP contribution in [0.1, 0.15) is 23.9 Å². The molecule has 0 atom stereocenters. The van der Waals surface area contributed by atoms with Gasteiger partial charge < -0.3 is 22.7 Å². The Morgan fingerprint density at radius 2 is 1.89 bits per heavy atom. The maximum atomic E-state index is 15.4. The number of fused-ring (bicyclic) bond motifs is 3. The predicted octanol–water partition coefficient (Wildman–Crippen LogP) is 4.09. The SMILES string of the molecule is CC1=[N+]2C(=C(c3ccc(O)c4ncccc34)c3ccc(C)n3[B-]2(F)F)C=C1. The van der Waals surface area contributed by atoms with Crippen LogP contribution >= 0.6 is 0 Å². The summed E-state index contributed by atoms with van der Waals surface area (Å²) in [5.41, 5.74) is 3.88. The van der Waals surface area contributed by atoms with Gasteiger partial charge in [-0.2, -0.15) is 0 Å². The zero-order valence-corrected chi connectivity index (χ0v) is 14.8. The Morgan fingerprint density at radius 3 is 2.70 bits per heavy atom. The maximum absolute atomic E-state index is 15.4. The number of pyridine rings is 1. The molecule has 0 aliphatic carbocycles. The van der Waals surface area contributed by atoms with E-state index in [0.29, 0.717) is 33.9 Å². The molecule has 0 radical (unpaired) electrons. The number of benzene rings is 1. The average Bonchev–Trinajstić information content (AvgIpc) is 3.22. The van der Waals surface area contributed by atoms with Crippen molar-refractivity contribution in [2.45, 2.75) is 13.8 Å². The average molecular weight is 363 g/mol. The maximum Gasteiger partial charge on any atom is 0.737 e. The van der Waals surface area contributed by atoms with Crippen LogP contribution in [0.25, 0.3) is 16.5 Å². The Morgan fingerprint density at radius 1 is 1.07 bits per heavy atom. The fourth-order valence-corrected chi connectivity index (χ4v) is 4.23. The number of aromatic hydroxyl groups is 1. The summed E-state index contributed by atoms with van der Waals surface area (Å²) >= 11 is 0. The summed E-state index contributed by atoms with van der Waals surface area (Å²) in [6.45, 7) is -0.589. The van der Waals surface area contributed by atoms with E-state index < -0.39 is 6.97 Å². The highest BCUT2D eigenvalue weighted by molar-refractivity contribution is 6.58. The molecule has 0 fully saturated rings. The summed E-state index contributed by atoms with van der Waals surface area (Å²) in [5, 5.41) is 10.9. The van der Waals surface area contributed by atoms with Gasteiger partial charge >= 0.3 is 6.97 Å². The molecule has 0 bridgehead atoms. The third-order valence-corrected chi connectivity index (χ3v) is 5.40. The summed E-state index contributed by atoms with van der Waals surface area (Å²) in [4.78, 5) is 4.27. The molecule has 0 amide bonds. The van der Waals surface area contributed by atoms with E-state index in [4.69, 9.17) is 0 Å². The van der Waals surface area contributed by atoms with Crippen molar-refractivity contribution >= 4 is 29.2 Å². The highest BCUT2D eigenvalue weighted by atomic mass is 19.2. The van der Waals surface area contributed by atoms with Crippen LogP contribution in [0.2, 0.25) is 0 Å². The minimum Gasteiger partial charge on any atom is -0.506 e. The zero-order valence-electron chi connectivity index (χ0n) is 14.8. The summed E-state index contributed by atoms with van der Waals surface area (Å²) in [6, 6.07) is 10.4. The molecule has 1 N–H and O–H groups in total. The van der Waals surface area contributed by atoms with E-state index in [1.54, 1.807) is 62.5 Å². The van der Waals surface area contributed by atoms with Crippen LogP contribution in [0.3, 0.4) is 0 Å². The molecule has 134 valence electrons. The Bertz CT molecular complexity index is 1240. The van der Waals surface area contributed by atoms with Crippen molar-refractivity contribution in [3.05, 3.63) is 77.4 Å². The van der Waals surface area contributed by atoms with Crippen molar-refractivity contribution in [2.24, 2.45) is 0 Å². The third kappa shape index (κ3) is 1.96. The smallest absolute Gasteiger partial charge is 0.506 e. The Kier molecular flexibility index (Phi) is 3.06. The molecule has 0 saturated carbocycles. The lowest BCUT2D eigenvalue weighted by Gasteiger charge is -2.33. The van der Waals surface area contributed by atoms with Crippen LogP contribution < -0.4 is 0 Å². The molecule has 4 nitrogen and oxygen atoms in total. The third-order valence-electron chi connectivity index (χ3n) is 5.40. The van der Waals surface area contributed by atoms with Gasteiger partial charge in [-0.25, -0.2) is 0 Å². The number of hydrogen-bond acceptors (Lipinski definition) is 2. The van der Waals surface area contributed by atoms with Gasteiger partial charge in [0.1, 0.15) is 17.0 Å². The van der Waals surface area contributed by atoms with E-state index >= 15 is 8.63 Å². The van der Waals surface area contributed by atoms with Crippen LogP contribution in [0.4, 0.5) is 8.63 Å². The Balaban J connectivity index is 1.95. The lowest BCUT2D eigenvalue weighted by molar-refractivity contribution is -0.362. The predicted molar refractivity (Wildman–Crippen MR) is 102 cm³/mol. The fraction of sp³-hybridized carbons (Fsp3) is 0.100. The van der Waals surface area contributed by atoms with Gasteiger partial charge in [0.15, 0.2) is 5.70 Å². The highest BCUT2D eigenvalue weighted by Gasteiger charge is 2.53. The van der Waals surface area contributed by atoms with Crippen LogP contribution in [0.5, 0.6) is 5.75 Å². The molecular weight excluding hydrogens is 347 g/mol. The molecule has 4 heterocycles. The van der Waals surface area contributed by atoms with E-state index in [1.165, 1.54) is 0 Å². The Labute approximate surface area is 154 Å². The second-order valence-electron chi connectivity index (χ2n) is 6.96. The molecule has 5 rings (SSSR count). The number of allylic oxidation sites excluding steroid dienone is 2. The number of nitrogens with zero attached hydrogens (tertiary/aromatic N) is 3. The van der Waals surface area contributed by atoms with Gasteiger partial charge in [-0.1, -0.05) is 6.07 Å². The lowest BCUT2D eigenvalue weighted by atomic mass is 9.85. The normalized spacial score (nSPS) is 17.6. The number of phenols is 1. The van der Waals surface area contributed by atoms with E-state index in [-0.39, 0.29) is 5.75 Å². The molecule has 2 aliphatic rings. The molecule has 0 saturated heterocycles. The van der Waals surface area contributed by atoms with Gasteiger partial charge in [0, 0.05) is 36.4 Å². The minimum absolute atomic E-state index is 0.0680. The van der Waals surface area contributed by atoms with Gasteiger partial charge in [-0.3, -0.25) is 4.98 Å². The van der Waals surface area contributed by atoms with Crippen LogP contribution in [0.15, 0.2) is 60.4 Å². The fourth-order valence-electron chi connectivity index (χ4n) is 4.23. The second kappa shape index (κ2) is 5.16. The van der Waals surface area contributed by atoms with E-state index in [9.17, 15) is 5.11 Å². The second-order valence-corrected chi connectivity index (χ2v) is 6.96. The highest BCUT2D eigenvalue weighted by Crippen LogP contribution is 2.42. The molecule has 2 aromatic heterocycles. The molecular formula is C20H16BF2N3O.